The zero-order valence-corrected chi connectivity index (χ0v) is 10.2. The minimum atomic E-state index is 0.242. The first-order valence-corrected chi connectivity index (χ1v) is 6.85. The van der Waals surface area contributed by atoms with E-state index in [0.717, 1.165) is 32.5 Å². The number of nitrogens with two attached hydrogens (primary N) is 1. The Morgan fingerprint density at radius 2 is 1.81 bits per heavy atom. The van der Waals surface area contributed by atoms with Crippen molar-refractivity contribution in [3.8, 4) is 0 Å². The normalized spacial score (nSPS) is 36.9. The molecule has 16 heavy (non-hydrogen) atoms. The highest BCUT2D eigenvalue weighted by molar-refractivity contribution is 4.77. The standard InChI is InChI=1S/C13H25NO2/c14-12-7-2-1-3-8-13(12)16-10-11-6-4-5-9-15-11/h11-13H,1-10,14H2. The maximum absolute atomic E-state index is 6.13. The minimum Gasteiger partial charge on any atom is -0.376 e. The van der Waals surface area contributed by atoms with Crippen molar-refractivity contribution in [1.82, 2.24) is 0 Å². The molecule has 3 unspecified atom stereocenters. The number of rotatable bonds is 3. The van der Waals surface area contributed by atoms with Gasteiger partial charge in [-0.15, -0.1) is 0 Å². The van der Waals surface area contributed by atoms with Gasteiger partial charge in [-0.2, -0.15) is 0 Å². The summed E-state index contributed by atoms with van der Waals surface area (Å²) in [6.07, 6.45) is 10.3. The summed E-state index contributed by atoms with van der Waals surface area (Å²) >= 11 is 0. The summed E-state index contributed by atoms with van der Waals surface area (Å²) in [4.78, 5) is 0. The third-order valence-electron chi connectivity index (χ3n) is 3.77. The smallest absolute Gasteiger partial charge is 0.0808 e. The summed E-state index contributed by atoms with van der Waals surface area (Å²) in [6, 6.07) is 0.242. The molecule has 0 aromatic rings. The van der Waals surface area contributed by atoms with Crippen LogP contribution in [0.25, 0.3) is 0 Å². The second kappa shape index (κ2) is 6.58. The van der Waals surface area contributed by atoms with E-state index < -0.39 is 0 Å². The molecular formula is C13H25NO2. The zero-order valence-electron chi connectivity index (χ0n) is 10.2. The maximum Gasteiger partial charge on any atom is 0.0808 e. The van der Waals surface area contributed by atoms with E-state index in [-0.39, 0.29) is 12.1 Å². The molecule has 0 aromatic heterocycles. The molecule has 0 radical (unpaired) electrons. The quantitative estimate of drug-likeness (QED) is 0.752. The Hall–Kier alpha value is -0.120. The van der Waals surface area contributed by atoms with E-state index >= 15 is 0 Å². The zero-order chi connectivity index (χ0) is 11.2. The second-order valence-electron chi connectivity index (χ2n) is 5.16. The van der Waals surface area contributed by atoms with Crippen LogP contribution in [0.2, 0.25) is 0 Å². The monoisotopic (exact) mass is 227 g/mol. The molecule has 3 heteroatoms. The molecule has 2 N–H and O–H groups in total. The topological polar surface area (TPSA) is 44.5 Å². The van der Waals surface area contributed by atoms with Gasteiger partial charge in [-0.05, 0) is 32.1 Å². The van der Waals surface area contributed by atoms with Crippen LogP contribution in [0.5, 0.6) is 0 Å². The molecule has 0 aromatic carbocycles. The first-order valence-electron chi connectivity index (χ1n) is 6.85. The molecule has 94 valence electrons. The molecule has 1 aliphatic heterocycles. The van der Waals surface area contributed by atoms with Crippen molar-refractivity contribution in [2.75, 3.05) is 13.2 Å². The van der Waals surface area contributed by atoms with Crippen molar-refractivity contribution in [2.45, 2.75) is 69.6 Å². The van der Waals surface area contributed by atoms with Crippen molar-refractivity contribution < 1.29 is 9.47 Å². The molecule has 1 heterocycles. The first kappa shape index (κ1) is 12.3. The predicted octanol–water partition coefficient (Wildman–Crippen LogP) is 2.23. The summed E-state index contributed by atoms with van der Waals surface area (Å²) in [5.74, 6) is 0. The van der Waals surface area contributed by atoms with Gasteiger partial charge in [-0.3, -0.25) is 0 Å². The van der Waals surface area contributed by atoms with Gasteiger partial charge in [0.1, 0.15) is 0 Å². The van der Waals surface area contributed by atoms with E-state index in [9.17, 15) is 0 Å². The van der Waals surface area contributed by atoms with E-state index in [1.165, 1.54) is 32.1 Å². The van der Waals surface area contributed by atoms with Crippen LogP contribution in [0.3, 0.4) is 0 Å². The third-order valence-corrected chi connectivity index (χ3v) is 3.77. The van der Waals surface area contributed by atoms with Gasteiger partial charge >= 0.3 is 0 Å². The summed E-state index contributed by atoms with van der Waals surface area (Å²) in [5.41, 5.74) is 6.13. The van der Waals surface area contributed by atoms with Crippen LogP contribution >= 0.6 is 0 Å². The largest absolute Gasteiger partial charge is 0.376 e. The average Bonchev–Trinajstić information content (AvgIpc) is 2.53. The fraction of sp³-hybridized carbons (Fsp3) is 1.00. The van der Waals surface area contributed by atoms with Gasteiger partial charge in [0.2, 0.25) is 0 Å². The van der Waals surface area contributed by atoms with Gasteiger partial charge in [-0.1, -0.05) is 19.3 Å². The highest BCUT2D eigenvalue weighted by Gasteiger charge is 2.23. The molecule has 3 atom stereocenters. The SMILES string of the molecule is NC1CCCCCC1OCC1CCCCO1. The van der Waals surface area contributed by atoms with Crippen molar-refractivity contribution in [3.05, 3.63) is 0 Å². The summed E-state index contributed by atoms with van der Waals surface area (Å²) in [5, 5.41) is 0. The molecule has 1 saturated carbocycles. The Bertz CT molecular complexity index is 192. The number of hydrogen-bond donors (Lipinski definition) is 1. The van der Waals surface area contributed by atoms with E-state index in [0.29, 0.717) is 6.10 Å². The van der Waals surface area contributed by atoms with E-state index in [1.807, 2.05) is 0 Å². The number of hydrogen-bond acceptors (Lipinski definition) is 3. The van der Waals surface area contributed by atoms with Crippen LogP contribution in [0, 0.1) is 0 Å². The highest BCUT2D eigenvalue weighted by Crippen LogP contribution is 2.21. The number of ether oxygens (including phenoxy) is 2. The molecule has 3 nitrogen and oxygen atoms in total. The van der Waals surface area contributed by atoms with Crippen molar-refractivity contribution in [1.29, 1.82) is 0 Å². The Labute approximate surface area is 98.7 Å². The molecule has 2 aliphatic rings. The molecular weight excluding hydrogens is 202 g/mol. The van der Waals surface area contributed by atoms with Gasteiger partial charge in [0, 0.05) is 12.6 Å². The third kappa shape index (κ3) is 3.72. The van der Waals surface area contributed by atoms with Crippen LogP contribution in [0.1, 0.15) is 51.4 Å². The van der Waals surface area contributed by atoms with Crippen molar-refractivity contribution >= 4 is 0 Å². The Kier molecular flexibility index (Phi) is 5.07. The molecule has 1 saturated heterocycles. The molecule has 0 bridgehead atoms. The Morgan fingerprint density at radius 1 is 1.00 bits per heavy atom. The average molecular weight is 227 g/mol. The van der Waals surface area contributed by atoms with Gasteiger partial charge in [-0.25, -0.2) is 0 Å². The van der Waals surface area contributed by atoms with Crippen molar-refractivity contribution in [3.63, 3.8) is 0 Å². The van der Waals surface area contributed by atoms with Gasteiger partial charge < -0.3 is 15.2 Å². The van der Waals surface area contributed by atoms with Crippen LogP contribution in [-0.2, 0) is 9.47 Å². The van der Waals surface area contributed by atoms with E-state index in [2.05, 4.69) is 0 Å². The second-order valence-corrected chi connectivity index (χ2v) is 5.16. The lowest BCUT2D eigenvalue weighted by Crippen LogP contribution is -2.38. The maximum atomic E-state index is 6.13. The molecule has 0 spiro atoms. The highest BCUT2D eigenvalue weighted by atomic mass is 16.5. The van der Waals surface area contributed by atoms with Crippen LogP contribution in [0.4, 0.5) is 0 Å². The predicted molar refractivity (Wildman–Crippen MR) is 64.4 cm³/mol. The lowest BCUT2D eigenvalue weighted by atomic mass is 10.1. The van der Waals surface area contributed by atoms with E-state index in [4.69, 9.17) is 15.2 Å². The minimum absolute atomic E-state index is 0.242. The first-order chi connectivity index (χ1) is 7.86. The molecule has 0 amide bonds. The van der Waals surface area contributed by atoms with Gasteiger partial charge in [0.25, 0.3) is 0 Å². The van der Waals surface area contributed by atoms with Crippen LogP contribution in [0.15, 0.2) is 0 Å². The van der Waals surface area contributed by atoms with Gasteiger partial charge in [0.05, 0.1) is 18.8 Å². The summed E-state index contributed by atoms with van der Waals surface area (Å²) < 4.78 is 11.6. The Morgan fingerprint density at radius 3 is 2.62 bits per heavy atom. The fourth-order valence-electron chi connectivity index (χ4n) is 2.68. The van der Waals surface area contributed by atoms with Gasteiger partial charge in [0.15, 0.2) is 0 Å². The lowest BCUT2D eigenvalue weighted by Gasteiger charge is -2.27. The van der Waals surface area contributed by atoms with Crippen LogP contribution < -0.4 is 5.73 Å². The van der Waals surface area contributed by atoms with E-state index in [1.54, 1.807) is 0 Å². The van der Waals surface area contributed by atoms with Crippen LogP contribution in [-0.4, -0.2) is 31.5 Å². The summed E-state index contributed by atoms with van der Waals surface area (Å²) in [6.45, 7) is 1.66. The molecule has 1 aliphatic carbocycles. The molecule has 2 fully saturated rings. The lowest BCUT2D eigenvalue weighted by molar-refractivity contribution is -0.0692. The summed E-state index contributed by atoms with van der Waals surface area (Å²) in [7, 11) is 0. The fourth-order valence-corrected chi connectivity index (χ4v) is 2.68. The van der Waals surface area contributed by atoms with Crippen molar-refractivity contribution in [2.24, 2.45) is 5.73 Å². The molecule has 2 rings (SSSR count). The Balaban J connectivity index is 1.70.